The topological polar surface area (TPSA) is 66.5 Å². The van der Waals surface area contributed by atoms with Gasteiger partial charge in [0.2, 0.25) is 0 Å². The fourth-order valence-electron chi connectivity index (χ4n) is 3.16. The highest BCUT2D eigenvalue weighted by Gasteiger charge is 2.19. The lowest BCUT2D eigenvalue weighted by Gasteiger charge is -2.33. The summed E-state index contributed by atoms with van der Waals surface area (Å²) in [5, 5.41) is 3.17. The first-order chi connectivity index (χ1) is 12.2. The van der Waals surface area contributed by atoms with Gasteiger partial charge in [-0.3, -0.25) is 14.9 Å². The van der Waals surface area contributed by atoms with Crippen LogP contribution in [0.1, 0.15) is 23.7 Å². The van der Waals surface area contributed by atoms with Crippen molar-refractivity contribution in [1.29, 1.82) is 0 Å². The molecule has 0 bridgehead atoms. The smallest absolute Gasteiger partial charge is 0.188 e. The van der Waals surface area contributed by atoms with Crippen LogP contribution in [0.5, 0.6) is 0 Å². The second-order valence-electron chi connectivity index (χ2n) is 6.56. The van der Waals surface area contributed by atoms with Crippen molar-refractivity contribution in [3.05, 3.63) is 65.5 Å². The number of pyridine rings is 1. The van der Waals surface area contributed by atoms with Crippen molar-refractivity contribution >= 4 is 5.96 Å². The number of hydrogen-bond acceptors (Lipinski definition) is 3. The van der Waals surface area contributed by atoms with Crippen molar-refractivity contribution in [2.24, 2.45) is 10.7 Å². The molecule has 1 aliphatic rings. The Hall–Kier alpha value is -2.40. The standard InChI is InChI=1S/C20H27N5/c1-16(25-13-10-17-6-2-3-7-18(17)15-25)14-24-20(21)23-12-9-19-8-4-5-11-22-19/h2-8,11,16H,9-10,12-15H2,1H3,(H3,21,23,24). The fraction of sp³-hybridized carbons (Fsp3) is 0.400. The molecule has 1 aliphatic heterocycles. The molecule has 2 heterocycles. The average Bonchev–Trinajstić information content (AvgIpc) is 2.66. The second kappa shape index (κ2) is 8.62. The number of nitrogens with one attached hydrogen (secondary N) is 1. The van der Waals surface area contributed by atoms with Crippen molar-refractivity contribution in [2.45, 2.75) is 32.4 Å². The number of fused-ring (bicyclic) bond motifs is 1. The minimum Gasteiger partial charge on any atom is -0.370 e. The van der Waals surface area contributed by atoms with Crippen LogP contribution >= 0.6 is 0 Å². The Morgan fingerprint density at radius 1 is 1.24 bits per heavy atom. The van der Waals surface area contributed by atoms with Crippen molar-refractivity contribution in [3.63, 3.8) is 0 Å². The van der Waals surface area contributed by atoms with Crippen LogP contribution in [0.4, 0.5) is 0 Å². The number of rotatable bonds is 6. The summed E-state index contributed by atoms with van der Waals surface area (Å²) in [6.45, 7) is 5.77. The lowest BCUT2D eigenvalue weighted by molar-refractivity contribution is 0.195. The Bertz CT molecular complexity index is 698. The summed E-state index contributed by atoms with van der Waals surface area (Å²) in [6, 6.07) is 15.0. The van der Waals surface area contributed by atoms with E-state index in [-0.39, 0.29) is 0 Å². The van der Waals surface area contributed by atoms with E-state index >= 15 is 0 Å². The molecular weight excluding hydrogens is 310 g/mol. The van der Waals surface area contributed by atoms with Gasteiger partial charge in [0.25, 0.3) is 0 Å². The normalized spacial score (nSPS) is 16.3. The van der Waals surface area contributed by atoms with Crippen LogP contribution in [-0.4, -0.2) is 41.5 Å². The number of aliphatic imine (C=N–C) groups is 1. The van der Waals surface area contributed by atoms with Gasteiger partial charge in [-0.2, -0.15) is 0 Å². The molecule has 0 saturated heterocycles. The summed E-state index contributed by atoms with van der Waals surface area (Å²) < 4.78 is 0. The molecule has 3 rings (SSSR count). The van der Waals surface area contributed by atoms with Gasteiger partial charge in [0.1, 0.15) is 0 Å². The highest BCUT2D eigenvalue weighted by Crippen LogP contribution is 2.20. The van der Waals surface area contributed by atoms with Gasteiger partial charge in [0, 0.05) is 44.0 Å². The largest absolute Gasteiger partial charge is 0.370 e. The predicted molar refractivity (Wildman–Crippen MR) is 102 cm³/mol. The molecule has 25 heavy (non-hydrogen) atoms. The molecule has 0 amide bonds. The Morgan fingerprint density at radius 3 is 2.84 bits per heavy atom. The molecule has 132 valence electrons. The van der Waals surface area contributed by atoms with Crippen molar-refractivity contribution < 1.29 is 0 Å². The first kappa shape index (κ1) is 17.4. The Labute approximate surface area is 150 Å². The zero-order valence-corrected chi connectivity index (χ0v) is 14.9. The predicted octanol–water partition coefficient (Wildman–Crippen LogP) is 1.98. The van der Waals surface area contributed by atoms with E-state index < -0.39 is 0 Å². The van der Waals surface area contributed by atoms with Gasteiger partial charge < -0.3 is 11.1 Å². The Morgan fingerprint density at radius 2 is 2.04 bits per heavy atom. The molecule has 5 heteroatoms. The van der Waals surface area contributed by atoms with E-state index in [1.165, 1.54) is 11.1 Å². The molecule has 0 spiro atoms. The maximum absolute atomic E-state index is 5.99. The van der Waals surface area contributed by atoms with Crippen molar-refractivity contribution in [1.82, 2.24) is 15.2 Å². The van der Waals surface area contributed by atoms with E-state index in [2.05, 4.69) is 51.4 Å². The maximum Gasteiger partial charge on any atom is 0.188 e. The van der Waals surface area contributed by atoms with Crippen LogP contribution in [-0.2, 0) is 19.4 Å². The SMILES string of the molecule is CC(CN=C(N)NCCc1ccccn1)N1CCc2ccccc2C1. The number of nitrogens with zero attached hydrogens (tertiary/aromatic N) is 3. The quantitative estimate of drug-likeness (QED) is 0.625. The lowest BCUT2D eigenvalue weighted by atomic mass is 9.99. The van der Waals surface area contributed by atoms with Gasteiger partial charge >= 0.3 is 0 Å². The zero-order chi connectivity index (χ0) is 17.5. The van der Waals surface area contributed by atoms with Gasteiger partial charge in [-0.15, -0.1) is 0 Å². The van der Waals surface area contributed by atoms with E-state index in [0.29, 0.717) is 18.5 Å². The van der Waals surface area contributed by atoms with Crippen LogP contribution in [0.15, 0.2) is 53.7 Å². The minimum absolute atomic E-state index is 0.379. The second-order valence-corrected chi connectivity index (χ2v) is 6.56. The molecule has 0 aliphatic carbocycles. The number of guanidine groups is 1. The zero-order valence-electron chi connectivity index (χ0n) is 14.9. The van der Waals surface area contributed by atoms with E-state index in [0.717, 1.165) is 38.2 Å². The summed E-state index contributed by atoms with van der Waals surface area (Å²) in [6.07, 6.45) is 3.77. The molecule has 3 N–H and O–H groups in total. The summed E-state index contributed by atoms with van der Waals surface area (Å²) in [7, 11) is 0. The minimum atomic E-state index is 0.379. The van der Waals surface area contributed by atoms with Gasteiger partial charge in [-0.25, -0.2) is 0 Å². The van der Waals surface area contributed by atoms with Crippen LogP contribution in [0.2, 0.25) is 0 Å². The van der Waals surface area contributed by atoms with Crippen LogP contribution in [0.3, 0.4) is 0 Å². The van der Waals surface area contributed by atoms with E-state index in [1.54, 1.807) is 0 Å². The Balaban J connectivity index is 1.43. The molecule has 1 aromatic carbocycles. The molecular formula is C20H27N5. The van der Waals surface area contributed by atoms with Crippen LogP contribution < -0.4 is 11.1 Å². The van der Waals surface area contributed by atoms with Crippen LogP contribution in [0, 0.1) is 0 Å². The third-order valence-electron chi connectivity index (χ3n) is 4.72. The monoisotopic (exact) mass is 337 g/mol. The first-order valence-corrected chi connectivity index (χ1v) is 8.97. The summed E-state index contributed by atoms with van der Waals surface area (Å²) >= 11 is 0. The third-order valence-corrected chi connectivity index (χ3v) is 4.72. The molecule has 0 saturated carbocycles. The number of benzene rings is 1. The maximum atomic E-state index is 5.99. The molecule has 1 aromatic heterocycles. The van der Waals surface area contributed by atoms with Crippen molar-refractivity contribution in [3.8, 4) is 0 Å². The van der Waals surface area contributed by atoms with E-state index in [9.17, 15) is 0 Å². The first-order valence-electron chi connectivity index (χ1n) is 8.97. The van der Waals surface area contributed by atoms with Gasteiger partial charge in [-0.05, 0) is 36.6 Å². The highest BCUT2D eigenvalue weighted by molar-refractivity contribution is 5.77. The van der Waals surface area contributed by atoms with Crippen LogP contribution in [0.25, 0.3) is 0 Å². The summed E-state index contributed by atoms with van der Waals surface area (Å²) in [4.78, 5) is 11.3. The molecule has 0 fully saturated rings. The fourth-order valence-corrected chi connectivity index (χ4v) is 3.16. The van der Waals surface area contributed by atoms with Gasteiger partial charge in [-0.1, -0.05) is 30.3 Å². The average molecular weight is 337 g/mol. The molecule has 0 radical (unpaired) electrons. The third kappa shape index (κ3) is 5.03. The molecule has 5 nitrogen and oxygen atoms in total. The summed E-state index contributed by atoms with van der Waals surface area (Å²) in [5.41, 5.74) is 9.96. The number of hydrogen-bond donors (Lipinski definition) is 2. The number of aromatic nitrogens is 1. The molecule has 1 atom stereocenters. The van der Waals surface area contributed by atoms with Gasteiger partial charge in [0.05, 0.1) is 6.54 Å². The highest BCUT2D eigenvalue weighted by atomic mass is 15.2. The van der Waals surface area contributed by atoms with E-state index in [1.807, 2.05) is 24.4 Å². The lowest BCUT2D eigenvalue weighted by Crippen LogP contribution is -2.40. The number of nitrogens with two attached hydrogens (primary N) is 1. The van der Waals surface area contributed by atoms with Crippen molar-refractivity contribution in [2.75, 3.05) is 19.6 Å². The Kier molecular flexibility index (Phi) is 6.01. The molecule has 1 unspecified atom stereocenters. The summed E-state index contributed by atoms with van der Waals surface area (Å²) in [5.74, 6) is 0.514. The van der Waals surface area contributed by atoms with Gasteiger partial charge in [0.15, 0.2) is 5.96 Å². The molecule has 2 aromatic rings. The van der Waals surface area contributed by atoms with E-state index in [4.69, 9.17) is 5.73 Å².